The Morgan fingerprint density at radius 1 is 1.03 bits per heavy atom. The maximum atomic E-state index is 13.9. The first-order valence-electron chi connectivity index (χ1n) is 12.8. The number of aromatic nitrogens is 3. The van der Waals surface area contributed by atoms with E-state index >= 15 is 0 Å². The molecule has 198 valence electrons. The number of hydrogen-bond donors (Lipinski definition) is 1. The highest BCUT2D eigenvalue weighted by molar-refractivity contribution is 6.30. The first-order chi connectivity index (χ1) is 18.0. The molecule has 0 atom stereocenters. The summed E-state index contributed by atoms with van der Waals surface area (Å²) in [4.78, 5) is 38.0. The lowest BCUT2D eigenvalue weighted by Crippen LogP contribution is -2.37. The van der Waals surface area contributed by atoms with Crippen LogP contribution in [0.3, 0.4) is 0 Å². The van der Waals surface area contributed by atoms with Gasteiger partial charge in [0.25, 0.3) is 5.56 Å². The fraction of sp³-hybridized carbons (Fsp3) is 0.333. The van der Waals surface area contributed by atoms with Crippen LogP contribution in [0.1, 0.15) is 44.7 Å². The molecule has 0 aliphatic rings. The van der Waals surface area contributed by atoms with Crippen LogP contribution >= 0.6 is 11.6 Å². The maximum absolute atomic E-state index is 13.9. The van der Waals surface area contributed by atoms with Crippen LogP contribution in [0.25, 0.3) is 33.5 Å². The number of benzene rings is 2. The van der Waals surface area contributed by atoms with Crippen molar-refractivity contribution in [2.75, 3.05) is 14.1 Å². The summed E-state index contributed by atoms with van der Waals surface area (Å²) in [5, 5.41) is 3.73. The molecule has 8 heteroatoms. The number of hydrogen-bond acceptors (Lipinski definition) is 5. The number of pyridine rings is 1. The van der Waals surface area contributed by atoms with Gasteiger partial charge in [0.15, 0.2) is 5.65 Å². The summed E-state index contributed by atoms with van der Waals surface area (Å²) in [6, 6.07) is 15.4. The molecule has 0 aliphatic carbocycles. The highest BCUT2D eigenvalue weighted by Crippen LogP contribution is 2.28. The molecule has 7 nitrogen and oxygen atoms in total. The van der Waals surface area contributed by atoms with Crippen molar-refractivity contribution in [1.82, 2.24) is 24.8 Å². The van der Waals surface area contributed by atoms with Gasteiger partial charge in [-0.15, -0.1) is 0 Å². The molecule has 4 aromatic rings. The number of fused-ring (bicyclic) bond motifs is 1. The van der Waals surface area contributed by atoms with Gasteiger partial charge in [0.05, 0.1) is 5.39 Å². The lowest BCUT2D eigenvalue weighted by Gasteiger charge is -2.16. The molecule has 1 N–H and O–H groups in total. The Labute approximate surface area is 228 Å². The summed E-state index contributed by atoms with van der Waals surface area (Å²) in [7, 11) is 4.08. The van der Waals surface area contributed by atoms with E-state index in [-0.39, 0.29) is 24.1 Å². The van der Waals surface area contributed by atoms with Gasteiger partial charge in [0, 0.05) is 34.9 Å². The molecule has 4 rings (SSSR count). The molecule has 1 amide bonds. The Bertz CT molecular complexity index is 1540. The molecule has 0 aliphatic heterocycles. The van der Waals surface area contributed by atoms with Crippen LogP contribution in [0.15, 0.2) is 59.5 Å². The van der Waals surface area contributed by atoms with Gasteiger partial charge in [-0.2, -0.15) is 0 Å². The van der Waals surface area contributed by atoms with E-state index in [4.69, 9.17) is 16.6 Å². The SMILES string of the molecule is CC(C)NC(=O)Cn1c(-c2cccc(Cl)c2)nc2ncc(-c3cc(CN(C)C)cc(C(C)C)c3)cc2c1=O. The van der Waals surface area contributed by atoms with Crippen molar-refractivity contribution in [3.63, 3.8) is 0 Å². The van der Waals surface area contributed by atoms with E-state index in [0.717, 1.165) is 17.7 Å². The fourth-order valence-electron chi connectivity index (χ4n) is 4.44. The summed E-state index contributed by atoms with van der Waals surface area (Å²) in [5.41, 5.74) is 4.86. The predicted octanol–water partition coefficient (Wildman–Crippen LogP) is 5.49. The van der Waals surface area contributed by atoms with Crippen molar-refractivity contribution >= 4 is 28.5 Å². The van der Waals surface area contributed by atoms with Crippen LogP contribution < -0.4 is 10.9 Å². The Kier molecular flexibility index (Phi) is 8.29. The van der Waals surface area contributed by atoms with Gasteiger partial charge in [-0.3, -0.25) is 14.2 Å². The molecule has 0 spiro atoms. The molecule has 2 aromatic carbocycles. The minimum Gasteiger partial charge on any atom is -0.352 e. The second-order valence-corrected chi connectivity index (χ2v) is 10.9. The summed E-state index contributed by atoms with van der Waals surface area (Å²) in [6.45, 7) is 8.73. The van der Waals surface area contributed by atoms with E-state index in [0.29, 0.717) is 33.4 Å². The minimum absolute atomic E-state index is 0.0564. The van der Waals surface area contributed by atoms with E-state index < -0.39 is 0 Å². The molecule has 0 unspecified atom stereocenters. The average Bonchev–Trinajstić information content (AvgIpc) is 2.84. The standard InChI is InChI=1S/C30H34ClN5O2/c1-18(2)22-10-20(16-35(5)6)11-23(12-22)24-14-26-28(32-15-24)34-29(21-8-7-9-25(31)13-21)36(30(26)38)17-27(37)33-19(3)4/h7-15,18-19H,16-17H2,1-6H3,(H,33,37). The molecular formula is C30H34ClN5O2. The van der Waals surface area contributed by atoms with Crippen molar-refractivity contribution in [2.45, 2.75) is 52.7 Å². The van der Waals surface area contributed by atoms with Crippen LogP contribution in [0, 0.1) is 0 Å². The van der Waals surface area contributed by atoms with Gasteiger partial charge >= 0.3 is 0 Å². The van der Waals surface area contributed by atoms with E-state index in [1.807, 2.05) is 40.1 Å². The van der Waals surface area contributed by atoms with Crippen molar-refractivity contribution < 1.29 is 4.79 Å². The Morgan fingerprint density at radius 3 is 2.45 bits per heavy atom. The topological polar surface area (TPSA) is 80.1 Å². The van der Waals surface area contributed by atoms with Crippen molar-refractivity contribution in [1.29, 1.82) is 0 Å². The van der Waals surface area contributed by atoms with E-state index in [2.05, 4.69) is 47.2 Å². The third kappa shape index (κ3) is 6.29. The molecule has 0 radical (unpaired) electrons. The summed E-state index contributed by atoms with van der Waals surface area (Å²) in [5.74, 6) is 0.427. The first kappa shape index (κ1) is 27.5. The van der Waals surface area contributed by atoms with Gasteiger partial charge in [-0.1, -0.05) is 49.7 Å². The van der Waals surface area contributed by atoms with Crippen LogP contribution in [0.5, 0.6) is 0 Å². The molecule has 0 saturated heterocycles. The molecule has 2 aromatic heterocycles. The van der Waals surface area contributed by atoms with Gasteiger partial charge < -0.3 is 10.2 Å². The van der Waals surface area contributed by atoms with Gasteiger partial charge in [-0.05, 0) is 74.8 Å². The number of carbonyl (C=O) groups excluding carboxylic acids is 1. The second-order valence-electron chi connectivity index (χ2n) is 10.5. The highest BCUT2D eigenvalue weighted by atomic mass is 35.5. The third-order valence-electron chi connectivity index (χ3n) is 6.16. The molecule has 0 saturated carbocycles. The molecule has 0 fully saturated rings. The van der Waals surface area contributed by atoms with E-state index in [9.17, 15) is 9.59 Å². The molecule has 0 bridgehead atoms. The first-order valence-corrected chi connectivity index (χ1v) is 13.1. The largest absolute Gasteiger partial charge is 0.352 e. The summed E-state index contributed by atoms with van der Waals surface area (Å²) < 4.78 is 1.40. The van der Waals surface area contributed by atoms with Crippen LogP contribution in [0.2, 0.25) is 5.02 Å². The normalized spacial score (nSPS) is 11.6. The summed E-state index contributed by atoms with van der Waals surface area (Å²) in [6.07, 6.45) is 1.76. The average molecular weight is 532 g/mol. The lowest BCUT2D eigenvalue weighted by molar-refractivity contribution is -0.122. The van der Waals surface area contributed by atoms with Crippen LogP contribution in [-0.4, -0.2) is 45.5 Å². The maximum Gasteiger partial charge on any atom is 0.263 e. The van der Waals surface area contributed by atoms with E-state index in [1.54, 1.807) is 24.4 Å². The number of nitrogens with zero attached hydrogens (tertiary/aromatic N) is 4. The fourth-order valence-corrected chi connectivity index (χ4v) is 4.64. The van der Waals surface area contributed by atoms with Gasteiger partial charge in [0.2, 0.25) is 5.91 Å². The second kappa shape index (κ2) is 11.5. The highest BCUT2D eigenvalue weighted by Gasteiger charge is 2.18. The number of amides is 1. The number of nitrogens with one attached hydrogen (secondary N) is 1. The Morgan fingerprint density at radius 2 is 1.79 bits per heavy atom. The Hall–Kier alpha value is -3.55. The van der Waals surface area contributed by atoms with Gasteiger partial charge in [-0.25, -0.2) is 9.97 Å². The lowest BCUT2D eigenvalue weighted by atomic mass is 9.94. The number of carbonyl (C=O) groups is 1. The van der Waals surface area contributed by atoms with Crippen LogP contribution in [0.4, 0.5) is 0 Å². The zero-order chi connectivity index (χ0) is 27.6. The zero-order valence-corrected chi connectivity index (χ0v) is 23.5. The molecular weight excluding hydrogens is 498 g/mol. The minimum atomic E-state index is -0.327. The quantitative estimate of drug-likeness (QED) is 0.325. The van der Waals surface area contributed by atoms with E-state index in [1.165, 1.54) is 15.7 Å². The van der Waals surface area contributed by atoms with Crippen molar-refractivity contribution in [2.24, 2.45) is 0 Å². The zero-order valence-electron chi connectivity index (χ0n) is 22.7. The van der Waals surface area contributed by atoms with Crippen molar-refractivity contribution in [3.8, 4) is 22.5 Å². The third-order valence-corrected chi connectivity index (χ3v) is 6.39. The molecule has 38 heavy (non-hydrogen) atoms. The monoisotopic (exact) mass is 531 g/mol. The Balaban J connectivity index is 1.90. The summed E-state index contributed by atoms with van der Waals surface area (Å²) >= 11 is 6.23. The van der Waals surface area contributed by atoms with Gasteiger partial charge in [0.1, 0.15) is 12.4 Å². The predicted molar refractivity (Wildman–Crippen MR) is 154 cm³/mol. The molecule has 2 heterocycles. The number of rotatable bonds is 8. The smallest absolute Gasteiger partial charge is 0.263 e. The van der Waals surface area contributed by atoms with Crippen LogP contribution in [-0.2, 0) is 17.9 Å². The number of halogens is 1. The van der Waals surface area contributed by atoms with Crippen molar-refractivity contribution in [3.05, 3.63) is 81.2 Å².